The van der Waals surface area contributed by atoms with E-state index in [0.717, 1.165) is 42.7 Å². The molecule has 1 aromatic rings. The Morgan fingerprint density at radius 3 is 2.10 bits per heavy atom. The van der Waals surface area contributed by atoms with Gasteiger partial charge in [0.25, 0.3) is 0 Å². The number of sulfonamides is 1. The summed E-state index contributed by atoms with van der Waals surface area (Å²) < 4.78 is 27.5. The Morgan fingerprint density at radius 2 is 1.62 bits per heavy atom. The average molecular weight is 311 g/mol. The van der Waals surface area contributed by atoms with Crippen LogP contribution in [0.2, 0.25) is 0 Å². The maximum Gasteiger partial charge on any atom is 0.244 e. The van der Waals surface area contributed by atoms with E-state index in [1.54, 1.807) is 4.31 Å². The van der Waals surface area contributed by atoms with E-state index in [9.17, 15) is 8.42 Å². The van der Waals surface area contributed by atoms with E-state index in [4.69, 9.17) is 0 Å². The maximum atomic E-state index is 12.9. The van der Waals surface area contributed by atoms with E-state index in [0.29, 0.717) is 18.0 Å². The number of nitrogens with one attached hydrogen (secondary N) is 1. The Hall–Kier alpha value is -0.910. The van der Waals surface area contributed by atoms with Gasteiger partial charge in [-0.2, -0.15) is 4.31 Å². The topological polar surface area (TPSA) is 41.8 Å². The van der Waals surface area contributed by atoms with E-state index in [-0.39, 0.29) is 0 Å². The number of rotatable bonds is 4. The number of nitrogens with zero attached hydrogens (tertiary/aromatic N) is 1. The van der Waals surface area contributed by atoms with E-state index >= 15 is 0 Å². The Balaban J connectivity index is 2.24. The first-order valence-corrected chi connectivity index (χ1v) is 9.22. The van der Waals surface area contributed by atoms with Crippen molar-refractivity contribution in [3.8, 4) is 0 Å². The summed E-state index contributed by atoms with van der Waals surface area (Å²) in [4.78, 5) is 2.02. The molecule has 0 atom stereocenters. The SMILES string of the molecule is CCC[NH+]1CCN(S(=O)(=O)c2c(C)cc(C)cc2C)CC1. The third-order valence-corrected chi connectivity index (χ3v) is 6.44. The highest BCUT2D eigenvalue weighted by Crippen LogP contribution is 2.25. The number of hydrogen-bond acceptors (Lipinski definition) is 2. The van der Waals surface area contributed by atoms with Crippen LogP contribution < -0.4 is 4.90 Å². The number of piperazine rings is 1. The van der Waals surface area contributed by atoms with Crippen molar-refractivity contribution >= 4 is 10.0 Å². The standard InChI is InChI=1S/C16H26N2O2S/c1-5-6-17-7-9-18(10-8-17)21(19,20)16-14(3)11-13(2)12-15(16)4/h11-12H,5-10H2,1-4H3/p+1. The molecule has 21 heavy (non-hydrogen) atoms. The fourth-order valence-corrected chi connectivity index (χ4v) is 5.20. The molecule has 1 heterocycles. The summed E-state index contributed by atoms with van der Waals surface area (Å²) in [6.07, 6.45) is 1.15. The van der Waals surface area contributed by atoms with Gasteiger partial charge in [0, 0.05) is 0 Å². The van der Waals surface area contributed by atoms with Gasteiger partial charge in [0.1, 0.15) is 0 Å². The third kappa shape index (κ3) is 3.47. The smallest absolute Gasteiger partial charge is 0.244 e. The molecule has 5 heteroatoms. The first kappa shape index (κ1) is 16.5. The molecule has 1 N–H and O–H groups in total. The van der Waals surface area contributed by atoms with Gasteiger partial charge >= 0.3 is 0 Å². The molecule has 4 nitrogen and oxygen atoms in total. The molecule has 1 aromatic carbocycles. The van der Waals surface area contributed by atoms with Crippen LogP contribution in [0.3, 0.4) is 0 Å². The third-order valence-electron chi connectivity index (χ3n) is 4.24. The van der Waals surface area contributed by atoms with Crippen LogP contribution in [0.25, 0.3) is 0 Å². The number of hydrogen-bond donors (Lipinski definition) is 1. The molecule has 0 aliphatic carbocycles. The molecular weight excluding hydrogens is 284 g/mol. The van der Waals surface area contributed by atoms with Gasteiger partial charge < -0.3 is 4.90 Å². The van der Waals surface area contributed by atoms with Crippen LogP contribution in [-0.2, 0) is 10.0 Å². The van der Waals surface area contributed by atoms with Gasteiger partial charge in [0.15, 0.2) is 0 Å². The van der Waals surface area contributed by atoms with E-state index < -0.39 is 10.0 Å². The first-order chi connectivity index (χ1) is 9.86. The van der Waals surface area contributed by atoms with Crippen molar-refractivity contribution in [3.63, 3.8) is 0 Å². The second-order valence-corrected chi connectivity index (χ2v) is 8.01. The highest BCUT2D eigenvalue weighted by atomic mass is 32.2. The molecule has 1 saturated heterocycles. The molecule has 0 bridgehead atoms. The van der Waals surface area contributed by atoms with Crippen LogP contribution in [0.4, 0.5) is 0 Å². The van der Waals surface area contributed by atoms with Gasteiger partial charge in [-0.25, -0.2) is 8.42 Å². The lowest BCUT2D eigenvalue weighted by molar-refractivity contribution is -0.903. The second kappa shape index (κ2) is 6.46. The van der Waals surface area contributed by atoms with Crippen LogP contribution in [0, 0.1) is 20.8 Å². The molecule has 0 spiro atoms. The summed E-state index contributed by atoms with van der Waals surface area (Å²) in [5.41, 5.74) is 2.83. The highest BCUT2D eigenvalue weighted by molar-refractivity contribution is 7.89. The lowest BCUT2D eigenvalue weighted by atomic mass is 10.1. The molecule has 0 amide bonds. The van der Waals surface area contributed by atoms with Crippen LogP contribution in [0.5, 0.6) is 0 Å². The van der Waals surface area contributed by atoms with Crippen molar-refractivity contribution in [2.45, 2.75) is 39.0 Å². The lowest BCUT2D eigenvalue weighted by Gasteiger charge is -2.32. The maximum absolute atomic E-state index is 12.9. The fourth-order valence-electron chi connectivity index (χ4n) is 3.35. The van der Waals surface area contributed by atoms with Crippen molar-refractivity contribution in [2.75, 3.05) is 32.7 Å². The predicted molar refractivity (Wildman–Crippen MR) is 85.3 cm³/mol. The monoisotopic (exact) mass is 311 g/mol. The van der Waals surface area contributed by atoms with Crippen molar-refractivity contribution in [2.24, 2.45) is 0 Å². The van der Waals surface area contributed by atoms with Crippen molar-refractivity contribution in [3.05, 3.63) is 28.8 Å². The van der Waals surface area contributed by atoms with Crippen LogP contribution in [-0.4, -0.2) is 45.4 Å². The lowest BCUT2D eigenvalue weighted by Crippen LogP contribution is -3.14. The van der Waals surface area contributed by atoms with E-state index in [1.807, 2.05) is 32.9 Å². The molecule has 0 saturated carbocycles. The summed E-state index contributed by atoms with van der Waals surface area (Å²) in [7, 11) is -3.36. The molecular formula is C16H27N2O2S+. The summed E-state index contributed by atoms with van der Waals surface area (Å²) in [6.45, 7) is 12.2. The highest BCUT2D eigenvalue weighted by Gasteiger charge is 2.32. The Labute approximate surface area is 128 Å². The number of aryl methyl sites for hydroxylation is 3. The molecule has 0 aromatic heterocycles. The summed E-state index contributed by atoms with van der Waals surface area (Å²) in [5, 5.41) is 0. The molecule has 118 valence electrons. The molecule has 1 aliphatic rings. The first-order valence-electron chi connectivity index (χ1n) is 7.77. The fraction of sp³-hybridized carbons (Fsp3) is 0.625. The summed E-state index contributed by atoms with van der Waals surface area (Å²) in [5.74, 6) is 0. The minimum absolute atomic E-state index is 0.507. The Bertz CT molecular complexity index is 580. The molecule has 1 aliphatic heterocycles. The minimum Gasteiger partial charge on any atom is -0.333 e. The Kier molecular flexibility index (Phi) is 5.07. The van der Waals surface area contributed by atoms with Gasteiger partial charge in [0.2, 0.25) is 10.0 Å². The van der Waals surface area contributed by atoms with Crippen molar-refractivity contribution < 1.29 is 13.3 Å². The van der Waals surface area contributed by atoms with Crippen LogP contribution in [0.15, 0.2) is 17.0 Å². The molecule has 0 unspecified atom stereocenters. The van der Waals surface area contributed by atoms with Crippen LogP contribution >= 0.6 is 0 Å². The zero-order valence-electron chi connectivity index (χ0n) is 13.6. The molecule has 0 radical (unpaired) electrons. The quantitative estimate of drug-likeness (QED) is 0.898. The molecule has 2 rings (SSSR count). The van der Waals surface area contributed by atoms with Gasteiger partial charge in [-0.05, 0) is 38.3 Å². The zero-order valence-corrected chi connectivity index (χ0v) is 14.4. The largest absolute Gasteiger partial charge is 0.333 e. The normalized spacial score (nSPS) is 18.1. The number of quaternary nitrogens is 1. The minimum atomic E-state index is -3.36. The predicted octanol–water partition coefficient (Wildman–Crippen LogP) is 0.911. The second-order valence-electron chi connectivity index (χ2n) is 6.13. The summed E-state index contributed by atoms with van der Waals surface area (Å²) in [6, 6.07) is 3.91. The van der Waals surface area contributed by atoms with Gasteiger partial charge in [-0.3, -0.25) is 0 Å². The average Bonchev–Trinajstić information content (AvgIpc) is 2.38. The van der Waals surface area contributed by atoms with Crippen LogP contribution in [0.1, 0.15) is 30.0 Å². The van der Waals surface area contributed by atoms with Crippen molar-refractivity contribution in [1.29, 1.82) is 0 Å². The van der Waals surface area contributed by atoms with Gasteiger partial charge in [-0.1, -0.05) is 24.6 Å². The Morgan fingerprint density at radius 1 is 1.10 bits per heavy atom. The molecule has 1 fully saturated rings. The zero-order chi connectivity index (χ0) is 15.6. The number of benzene rings is 1. The van der Waals surface area contributed by atoms with E-state index in [2.05, 4.69) is 6.92 Å². The van der Waals surface area contributed by atoms with E-state index in [1.165, 1.54) is 4.90 Å². The van der Waals surface area contributed by atoms with Gasteiger partial charge in [-0.15, -0.1) is 0 Å². The van der Waals surface area contributed by atoms with Gasteiger partial charge in [0.05, 0.1) is 37.6 Å². The summed E-state index contributed by atoms with van der Waals surface area (Å²) >= 11 is 0. The van der Waals surface area contributed by atoms with Crippen molar-refractivity contribution in [1.82, 2.24) is 4.31 Å².